The fourth-order valence-corrected chi connectivity index (χ4v) is 2.69. The number of hydrogen-bond acceptors (Lipinski definition) is 5. The molecule has 0 spiro atoms. The largest absolute Gasteiger partial charge is 0.383 e. The molecule has 1 unspecified atom stereocenters. The number of anilines is 1. The number of methoxy groups -OCH3 is 1. The highest BCUT2D eigenvalue weighted by Crippen LogP contribution is 2.24. The van der Waals surface area contributed by atoms with Gasteiger partial charge in [-0.15, -0.1) is 0 Å². The molecule has 0 radical (unpaired) electrons. The number of aromatic nitrogens is 1. The quantitative estimate of drug-likeness (QED) is 0.886. The molecule has 1 atom stereocenters. The van der Waals surface area contributed by atoms with E-state index >= 15 is 0 Å². The van der Waals surface area contributed by atoms with E-state index in [0.29, 0.717) is 23.2 Å². The van der Waals surface area contributed by atoms with E-state index in [1.54, 1.807) is 13.2 Å². The fraction of sp³-hybridized carbons (Fsp3) is 0.429. The zero-order chi connectivity index (χ0) is 14.7. The number of thiazole rings is 1. The van der Waals surface area contributed by atoms with Crippen molar-refractivity contribution in [3.8, 4) is 0 Å². The van der Waals surface area contributed by atoms with Crippen molar-refractivity contribution in [1.29, 1.82) is 0 Å². The Hall–Kier alpha value is -1.66. The van der Waals surface area contributed by atoms with Crippen LogP contribution in [-0.4, -0.2) is 30.6 Å². The van der Waals surface area contributed by atoms with Gasteiger partial charge in [0.2, 0.25) is 0 Å². The van der Waals surface area contributed by atoms with Crippen molar-refractivity contribution in [2.75, 3.05) is 19.5 Å². The van der Waals surface area contributed by atoms with Gasteiger partial charge in [-0.2, -0.15) is 0 Å². The van der Waals surface area contributed by atoms with Crippen molar-refractivity contribution >= 4 is 32.6 Å². The van der Waals surface area contributed by atoms with Crippen LogP contribution >= 0.6 is 11.3 Å². The molecular formula is C14H19N3O2S. The summed E-state index contributed by atoms with van der Waals surface area (Å²) in [6, 6.07) is 5.40. The van der Waals surface area contributed by atoms with Crippen LogP contribution < -0.4 is 11.1 Å². The van der Waals surface area contributed by atoms with Gasteiger partial charge in [-0.1, -0.05) is 25.2 Å². The lowest BCUT2D eigenvalue weighted by Crippen LogP contribution is -2.41. The molecule has 1 heterocycles. The minimum Gasteiger partial charge on any atom is -0.383 e. The first-order valence-electron chi connectivity index (χ1n) is 6.47. The van der Waals surface area contributed by atoms with E-state index in [1.807, 2.05) is 12.1 Å². The molecule has 2 rings (SSSR count). The number of hydrogen-bond donors (Lipinski definition) is 2. The van der Waals surface area contributed by atoms with E-state index in [9.17, 15) is 4.79 Å². The predicted octanol–water partition coefficient (Wildman–Crippen LogP) is 2.28. The van der Waals surface area contributed by atoms with E-state index in [-0.39, 0.29) is 11.9 Å². The number of rotatable bonds is 5. The molecule has 2 aromatic rings. The van der Waals surface area contributed by atoms with Crippen LogP contribution in [0.5, 0.6) is 0 Å². The average molecular weight is 293 g/mol. The molecule has 1 aromatic heterocycles. The number of nitrogen functional groups attached to an aromatic ring is 1. The molecule has 0 saturated heterocycles. The minimum absolute atomic E-state index is 0.00488. The second-order valence-electron chi connectivity index (χ2n) is 5.01. The van der Waals surface area contributed by atoms with E-state index in [1.165, 1.54) is 11.3 Å². The van der Waals surface area contributed by atoms with Crippen LogP contribution in [0.4, 0.5) is 5.13 Å². The number of ether oxygens (including phenoxy) is 1. The molecule has 0 aliphatic heterocycles. The predicted molar refractivity (Wildman–Crippen MR) is 82.0 cm³/mol. The molecule has 0 bridgehead atoms. The van der Waals surface area contributed by atoms with E-state index in [0.717, 1.165) is 10.2 Å². The van der Waals surface area contributed by atoms with Gasteiger partial charge < -0.3 is 15.8 Å². The Kier molecular flexibility index (Phi) is 4.57. The topological polar surface area (TPSA) is 77.2 Å². The monoisotopic (exact) mass is 293 g/mol. The van der Waals surface area contributed by atoms with Crippen molar-refractivity contribution < 1.29 is 9.53 Å². The van der Waals surface area contributed by atoms with Gasteiger partial charge in [-0.05, 0) is 24.1 Å². The molecule has 1 amide bonds. The number of amides is 1. The zero-order valence-electron chi connectivity index (χ0n) is 11.8. The lowest BCUT2D eigenvalue weighted by atomic mass is 10.0. The van der Waals surface area contributed by atoms with Gasteiger partial charge in [-0.25, -0.2) is 4.98 Å². The summed E-state index contributed by atoms with van der Waals surface area (Å²) in [7, 11) is 1.63. The second kappa shape index (κ2) is 6.19. The second-order valence-corrected chi connectivity index (χ2v) is 6.08. The molecule has 3 N–H and O–H groups in total. The standard InChI is InChI=1S/C14H19N3O2S/c1-8(2)11(7-19-3)16-13(18)9-4-5-10-12(6-9)20-14(15)17-10/h4-6,8,11H,7H2,1-3H3,(H2,15,17)(H,16,18). The molecule has 6 heteroatoms. The number of carbonyl (C=O) groups excluding carboxylic acids is 1. The summed E-state index contributed by atoms with van der Waals surface area (Å²) in [6.45, 7) is 4.60. The first-order valence-corrected chi connectivity index (χ1v) is 7.28. The molecule has 0 fully saturated rings. The smallest absolute Gasteiger partial charge is 0.251 e. The summed E-state index contributed by atoms with van der Waals surface area (Å²) in [6.07, 6.45) is 0. The van der Waals surface area contributed by atoms with Crippen molar-refractivity contribution in [2.45, 2.75) is 19.9 Å². The van der Waals surface area contributed by atoms with Gasteiger partial charge in [0, 0.05) is 12.7 Å². The summed E-state index contributed by atoms with van der Waals surface area (Å²) in [4.78, 5) is 16.4. The van der Waals surface area contributed by atoms with Crippen LogP contribution in [0, 0.1) is 5.92 Å². The van der Waals surface area contributed by atoms with Gasteiger partial charge in [0.1, 0.15) is 0 Å². The normalized spacial score (nSPS) is 12.8. The van der Waals surface area contributed by atoms with Crippen LogP contribution in [0.25, 0.3) is 10.2 Å². The molecule has 0 saturated carbocycles. The van der Waals surface area contributed by atoms with Crippen molar-refractivity contribution in [1.82, 2.24) is 10.3 Å². The maximum atomic E-state index is 12.3. The number of fused-ring (bicyclic) bond motifs is 1. The molecule has 20 heavy (non-hydrogen) atoms. The average Bonchev–Trinajstić information content (AvgIpc) is 2.76. The van der Waals surface area contributed by atoms with Gasteiger partial charge in [0.15, 0.2) is 5.13 Å². The van der Waals surface area contributed by atoms with Crippen molar-refractivity contribution in [2.24, 2.45) is 5.92 Å². The summed E-state index contributed by atoms with van der Waals surface area (Å²) in [5.74, 6) is 0.205. The SMILES string of the molecule is COCC(NC(=O)c1ccc2nc(N)sc2c1)C(C)C. The fourth-order valence-electron chi connectivity index (χ4n) is 1.92. The first-order chi connectivity index (χ1) is 9.51. The third-order valence-corrected chi connectivity index (χ3v) is 3.98. The molecule has 108 valence electrons. The third-order valence-electron chi connectivity index (χ3n) is 3.13. The maximum absolute atomic E-state index is 12.3. The number of nitrogens with zero attached hydrogens (tertiary/aromatic N) is 1. The van der Waals surface area contributed by atoms with Gasteiger partial charge >= 0.3 is 0 Å². The highest BCUT2D eigenvalue weighted by Gasteiger charge is 2.17. The number of nitrogens with one attached hydrogen (secondary N) is 1. The van der Waals surface area contributed by atoms with Crippen molar-refractivity contribution in [3.63, 3.8) is 0 Å². The van der Waals surface area contributed by atoms with E-state index < -0.39 is 0 Å². The molecule has 0 aliphatic carbocycles. The van der Waals surface area contributed by atoms with Gasteiger partial charge in [-0.3, -0.25) is 4.79 Å². The van der Waals surface area contributed by atoms with E-state index in [2.05, 4.69) is 24.1 Å². The third kappa shape index (κ3) is 3.26. The highest BCUT2D eigenvalue weighted by molar-refractivity contribution is 7.22. The molecule has 5 nitrogen and oxygen atoms in total. The van der Waals surface area contributed by atoms with Gasteiger partial charge in [0.25, 0.3) is 5.91 Å². The van der Waals surface area contributed by atoms with Crippen LogP contribution in [0.3, 0.4) is 0 Å². The minimum atomic E-state index is -0.102. The Bertz CT molecular complexity index is 609. The zero-order valence-corrected chi connectivity index (χ0v) is 12.7. The van der Waals surface area contributed by atoms with Crippen molar-refractivity contribution in [3.05, 3.63) is 23.8 Å². The van der Waals surface area contributed by atoms with E-state index in [4.69, 9.17) is 10.5 Å². The lowest BCUT2D eigenvalue weighted by Gasteiger charge is -2.21. The van der Waals surface area contributed by atoms with Crippen LogP contribution in [0.2, 0.25) is 0 Å². The Morgan fingerprint density at radius 1 is 1.50 bits per heavy atom. The summed E-state index contributed by atoms with van der Waals surface area (Å²) >= 11 is 1.38. The highest BCUT2D eigenvalue weighted by atomic mass is 32.1. The Balaban J connectivity index is 2.17. The molecule has 0 aliphatic rings. The summed E-state index contributed by atoms with van der Waals surface area (Å²) in [5.41, 5.74) is 7.10. The number of nitrogens with two attached hydrogens (primary N) is 1. The molecule has 1 aromatic carbocycles. The summed E-state index contributed by atoms with van der Waals surface area (Å²) < 4.78 is 6.06. The Morgan fingerprint density at radius 2 is 2.25 bits per heavy atom. The van der Waals surface area contributed by atoms with Crippen LogP contribution in [0.1, 0.15) is 24.2 Å². The van der Waals surface area contributed by atoms with Gasteiger partial charge in [0.05, 0.1) is 22.9 Å². The summed E-state index contributed by atoms with van der Waals surface area (Å²) in [5, 5.41) is 3.51. The number of benzene rings is 1. The Labute approximate surface area is 122 Å². The lowest BCUT2D eigenvalue weighted by molar-refractivity contribution is 0.0867. The Morgan fingerprint density at radius 3 is 2.90 bits per heavy atom. The van der Waals surface area contributed by atoms with Crippen LogP contribution in [-0.2, 0) is 4.74 Å². The molecular weight excluding hydrogens is 274 g/mol. The van der Waals surface area contributed by atoms with Crippen LogP contribution in [0.15, 0.2) is 18.2 Å². The number of carbonyl (C=O) groups is 1. The first kappa shape index (κ1) is 14.7. The maximum Gasteiger partial charge on any atom is 0.251 e.